The number of hydrogen-bond donors (Lipinski definition) is 1. The second-order valence-corrected chi connectivity index (χ2v) is 5.11. The molecule has 0 unspecified atom stereocenters. The number of rotatable bonds is 5. The molecular weight excluding hydrogens is 359 g/mol. The van der Waals surface area contributed by atoms with Crippen LogP contribution in [-0.2, 0) is 6.18 Å². The zero-order chi connectivity index (χ0) is 19.6. The number of carboxylic acids is 1. The van der Waals surface area contributed by atoms with Gasteiger partial charge in [-0.2, -0.15) is 13.2 Å². The molecule has 138 valence electrons. The Labute approximate surface area is 144 Å². The summed E-state index contributed by atoms with van der Waals surface area (Å²) in [5.41, 5.74) is -2.27. The van der Waals surface area contributed by atoms with E-state index in [-0.39, 0.29) is 22.6 Å². The van der Waals surface area contributed by atoms with Crippen molar-refractivity contribution in [1.29, 1.82) is 0 Å². The van der Waals surface area contributed by atoms with Gasteiger partial charge in [0.2, 0.25) is 5.75 Å². The summed E-state index contributed by atoms with van der Waals surface area (Å²) in [4.78, 5) is 21.5. The number of nitro groups is 1. The lowest BCUT2D eigenvalue weighted by molar-refractivity contribution is -0.385. The number of nitro benzene ring substituents is 1. The summed E-state index contributed by atoms with van der Waals surface area (Å²) in [6.45, 7) is 1.45. The molecule has 2 rings (SSSR count). The van der Waals surface area contributed by atoms with E-state index in [1.165, 1.54) is 26.2 Å². The van der Waals surface area contributed by atoms with E-state index in [0.717, 1.165) is 6.07 Å². The SMILES string of the molecule is COc1ccc(C(=O)O)c(Oc2ccc(C(F)(F)F)cc2[N+](=O)[O-])c1C. The topological polar surface area (TPSA) is 98.9 Å². The number of carboxylic acid groups (broad SMARTS) is 1. The van der Waals surface area contributed by atoms with Gasteiger partial charge in [0.15, 0.2) is 0 Å². The Balaban J connectivity index is 2.62. The fraction of sp³-hybridized carbons (Fsp3) is 0.188. The molecule has 26 heavy (non-hydrogen) atoms. The maximum absolute atomic E-state index is 12.8. The lowest BCUT2D eigenvalue weighted by Gasteiger charge is -2.15. The number of nitrogens with zero attached hydrogens (tertiary/aromatic N) is 1. The van der Waals surface area contributed by atoms with Crippen molar-refractivity contribution < 1.29 is 37.5 Å². The maximum Gasteiger partial charge on any atom is 0.416 e. The Morgan fingerprint density at radius 2 is 1.81 bits per heavy atom. The van der Waals surface area contributed by atoms with E-state index in [0.29, 0.717) is 12.1 Å². The van der Waals surface area contributed by atoms with E-state index >= 15 is 0 Å². The smallest absolute Gasteiger partial charge is 0.416 e. The van der Waals surface area contributed by atoms with Crippen molar-refractivity contribution >= 4 is 11.7 Å². The third-order valence-corrected chi connectivity index (χ3v) is 3.50. The van der Waals surface area contributed by atoms with Gasteiger partial charge in [0, 0.05) is 11.6 Å². The van der Waals surface area contributed by atoms with Gasteiger partial charge in [-0.1, -0.05) is 0 Å². The van der Waals surface area contributed by atoms with Gasteiger partial charge < -0.3 is 14.6 Å². The van der Waals surface area contributed by atoms with Crippen LogP contribution >= 0.6 is 0 Å². The summed E-state index contributed by atoms with van der Waals surface area (Å²) in [6, 6.07) is 4.24. The summed E-state index contributed by atoms with van der Waals surface area (Å²) in [5.74, 6) is -1.92. The van der Waals surface area contributed by atoms with E-state index in [1.54, 1.807) is 0 Å². The average molecular weight is 371 g/mol. The zero-order valence-electron chi connectivity index (χ0n) is 13.5. The fourth-order valence-corrected chi connectivity index (χ4v) is 2.23. The van der Waals surface area contributed by atoms with Crippen molar-refractivity contribution in [3.63, 3.8) is 0 Å². The summed E-state index contributed by atoms with van der Waals surface area (Å²) in [5, 5.41) is 20.4. The first-order chi connectivity index (χ1) is 12.1. The Morgan fingerprint density at radius 3 is 2.31 bits per heavy atom. The molecule has 0 saturated heterocycles. The van der Waals surface area contributed by atoms with Crippen molar-refractivity contribution in [1.82, 2.24) is 0 Å². The van der Waals surface area contributed by atoms with Crippen LogP contribution in [0, 0.1) is 17.0 Å². The van der Waals surface area contributed by atoms with Crippen molar-refractivity contribution in [3.8, 4) is 17.2 Å². The molecule has 0 radical (unpaired) electrons. The van der Waals surface area contributed by atoms with E-state index < -0.39 is 34.1 Å². The van der Waals surface area contributed by atoms with Crippen LogP contribution in [0.4, 0.5) is 18.9 Å². The molecule has 7 nitrogen and oxygen atoms in total. The molecule has 0 spiro atoms. The van der Waals surface area contributed by atoms with Gasteiger partial charge in [0.05, 0.1) is 17.6 Å². The lowest BCUT2D eigenvalue weighted by Crippen LogP contribution is -2.07. The minimum atomic E-state index is -4.78. The number of carbonyl (C=O) groups is 1. The molecule has 2 aromatic rings. The molecule has 1 N–H and O–H groups in total. The second-order valence-electron chi connectivity index (χ2n) is 5.11. The summed E-state index contributed by atoms with van der Waals surface area (Å²) in [7, 11) is 1.33. The standard InChI is InChI=1S/C16H12F3NO6/c1-8-12(25-2)6-4-10(15(21)22)14(8)26-13-5-3-9(16(17,18)19)7-11(13)20(23)24/h3-7H,1-2H3,(H,21,22). The number of ether oxygens (including phenoxy) is 2. The van der Waals surface area contributed by atoms with E-state index in [4.69, 9.17) is 9.47 Å². The first-order valence-electron chi connectivity index (χ1n) is 7.00. The van der Waals surface area contributed by atoms with Crippen LogP contribution in [0.5, 0.6) is 17.2 Å². The Bertz CT molecular complexity index is 879. The molecule has 0 aliphatic carbocycles. The minimum absolute atomic E-state index is 0.224. The summed E-state index contributed by atoms with van der Waals surface area (Å²) in [6.07, 6.45) is -4.78. The number of alkyl halides is 3. The summed E-state index contributed by atoms with van der Waals surface area (Å²) < 4.78 is 48.7. The van der Waals surface area contributed by atoms with Gasteiger partial charge in [-0.15, -0.1) is 0 Å². The molecule has 0 aliphatic heterocycles. The van der Waals surface area contributed by atoms with Crippen LogP contribution < -0.4 is 9.47 Å². The van der Waals surface area contributed by atoms with Gasteiger partial charge >= 0.3 is 17.8 Å². The molecule has 0 atom stereocenters. The molecule has 0 amide bonds. The first-order valence-corrected chi connectivity index (χ1v) is 7.00. The third-order valence-electron chi connectivity index (χ3n) is 3.50. The average Bonchev–Trinajstić information content (AvgIpc) is 2.55. The van der Waals surface area contributed by atoms with Gasteiger partial charge in [-0.25, -0.2) is 4.79 Å². The van der Waals surface area contributed by atoms with Crippen LogP contribution in [-0.4, -0.2) is 23.1 Å². The molecule has 0 bridgehead atoms. The Morgan fingerprint density at radius 1 is 1.19 bits per heavy atom. The second kappa shape index (κ2) is 6.90. The molecule has 0 aliphatic rings. The van der Waals surface area contributed by atoms with Crippen LogP contribution in [0.1, 0.15) is 21.5 Å². The molecule has 10 heteroatoms. The highest BCUT2D eigenvalue weighted by Crippen LogP contribution is 2.41. The van der Waals surface area contributed by atoms with Gasteiger partial charge in [-0.05, 0) is 31.2 Å². The minimum Gasteiger partial charge on any atom is -0.496 e. The quantitative estimate of drug-likeness (QED) is 0.617. The van der Waals surface area contributed by atoms with E-state index in [1.807, 2.05) is 0 Å². The maximum atomic E-state index is 12.8. The molecule has 0 saturated carbocycles. The number of halogens is 3. The summed E-state index contributed by atoms with van der Waals surface area (Å²) >= 11 is 0. The Kier molecular flexibility index (Phi) is 5.05. The molecule has 0 fully saturated rings. The van der Waals surface area contributed by atoms with E-state index in [2.05, 4.69) is 0 Å². The lowest BCUT2D eigenvalue weighted by atomic mass is 10.1. The molecular formula is C16H12F3NO6. The van der Waals surface area contributed by atoms with Crippen LogP contribution in [0.2, 0.25) is 0 Å². The van der Waals surface area contributed by atoms with Crippen LogP contribution in [0.15, 0.2) is 30.3 Å². The molecule has 0 aromatic heterocycles. The van der Waals surface area contributed by atoms with Crippen molar-refractivity contribution in [2.24, 2.45) is 0 Å². The number of aromatic carboxylic acids is 1. The number of hydrogen-bond acceptors (Lipinski definition) is 5. The van der Waals surface area contributed by atoms with Gasteiger partial charge in [0.1, 0.15) is 17.1 Å². The van der Waals surface area contributed by atoms with Crippen molar-refractivity contribution in [3.05, 3.63) is 57.1 Å². The fourth-order valence-electron chi connectivity index (χ4n) is 2.23. The van der Waals surface area contributed by atoms with Crippen molar-refractivity contribution in [2.75, 3.05) is 7.11 Å². The highest BCUT2D eigenvalue weighted by molar-refractivity contribution is 5.92. The zero-order valence-corrected chi connectivity index (χ0v) is 13.5. The number of benzene rings is 2. The first kappa shape index (κ1) is 19.0. The number of methoxy groups -OCH3 is 1. The van der Waals surface area contributed by atoms with E-state index in [9.17, 15) is 33.2 Å². The van der Waals surface area contributed by atoms with Gasteiger partial charge in [-0.3, -0.25) is 10.1 Å². The van der Waals surface area contributed by atoms with Crippen molar-refractivity contribution in [2.45, 2.75) is 13.1 Å². The normalized spacial score (nSPS) is 11.1. The van der Waals surface area contributed by atoms with Crippen LogP contribution in [0.3, 0.4) is 0 Å². The van der Waals surface area contributed by atoms with Crippen LogP contribution in [0.25, 0.3) is 0 Å². The Hall–Kier alpha value is -3.30. The highest BCUT2D eigenvalue weighted by Gasteiger charge is 2.34. The molecule has 2 aromatic carbocycles. The third kappa shape index (κ3) is 3.68. The predicted molar refractivity (Wildman–Crippen MR) is 82.9 cm³/mol. The highest BCUT2D eigenvalue weighted by atomic mass is 19.4. The predicted octanol–water partition coefficient (Wildman–Crippen LogP) is 4.42. The van der Waals surface area contributed by atoms with Gasteiger partial charge in [0.25, 0.3) is 0 Å². The molecule has 0 heterocycles. The monoisotopic (exact) mass is 371 g/mol. The largest absolute Gasteiger partial charge is 0.496 e.